The molecule has 6 heteroatoms. The molecule has 1 aromatic carbocycles. The third-order valence-corrected chi connectivity index (χ3v) is 4.07. The fourth-order valence-electron chi connectivity index (χ4n) is 3.22. The van der Waals surface area contributed by atoms with Crippen LogP contribution in [0.15, 0.2) is 22.8 Å². The lowest BCUT2D eigenvalue weighted by Crippen LogP contribution is -2.58. The van der Waals surface area contributed by atoms with E-state index in [1.165, 1.54) is 0 Å². The molecule has 2 unspecified atom stereocenters. The van der Waals surface area contributed by atoms with Crippen molar-refractivity contribution in [1.29, 1.82) is 0 Å². The van der Waals surface area contributed by atoms with E-state index in [0.717, 1.165) is 5.56 Å². The Kier molecular flexibility index (Phi) is 2.38. The van der Waals surface area contributed by atoms with Crippen molar-refractivity contribution < 1.29 is 14.5 Å². The Hall–Kier alpha value is -1.50. The smallest absolute Gasteiger partial charge is 0.135 e. The minimum atomic E-state index is -0.822. The molecule has 6 nitrogen and oxygen atoms in total. The van der Waals surface area contributed by atoms with Crippen LogP contribution in [-0.2, 0) is 10.3 Å². The zero-order chi connectivity index (χ0) is 12.9. The van der Waals surface area contributed by atoms with Gasteiger partial charge < -0.3 is 15.2 Å². The average molecular weight is 261 g/mol. The van der Waals surface area contributed by atoms with E-state index >= 15 is 0 Å². The highest BCUT2D eigenvalue weighted by Crippen LogP contribution is 2.37. The summed E-state index contributed by atoms with van der Waals surface area (Å²) in [5.74, 6) is 0. The third kappa shape index (κ3) is 1.83. The molecule has 100 valence electrons. The molecular weight excluding hydrogens is 246 g/mol. The van der Waals surface area contributed by atoms with Crippen LogP contribution in [0.1, 0.15) is 18.4 Å². The maximum Gasteiger partial charge on any atom is 0.135 e. The summed E-state index contributed by atoms with van der Waals surface area (Å²) in [6, 6.07) is 6.04. The van der Waals surface area contributed by atoms with E-state index in [1.807, 2.05) is 18.2 Å². The van der Waals surface area contributed by atoms with Crippen LogP contribution in [0.2, 0.25) is 0 Å². The van der Waals surface area contributed by atoms with Gasteiger partial charge in [0.05, 0.1) is 18.8 Å². The van der Waals surface area contributed by atoms with Gasteiger partial charge in [-0.15, -0.1) is 0 Å². The lowest BCUT2D eigenvalue weighted by molar-refractivity contribution is -0.0801. The Morgan fingerprint density at radius 2 is 1.89 bits per heavy atom. The van der Waals surface area contributed by atoms with Gasteiger partial charge in [-0.3, -0.25) is 0 Å². The van der Waals surface area contributed by atoms with Crippen molar-refractivity contribution in [2.75, 3.05) is 13.2 Å². The molecule has 0 radical (unpaired) electrons. The first kappa shape index (κ1) is 11.3. The Balaban J connectivity index is 1.72. The van der Waals surface area contributed by atoms with Gasteiger partial charge in [-0.25, -0.2) is 4.63 Å². The van der Waals surface area contributed by atoms with Gasteiger partial charge in [0.2, 0.25) is 0 Å². The van der Waals surface area contributed by atoms with Crippen LogP contribution >= 0.6 is 0 Å². The molecule has 2 aromatic rings. The second kappa shape index (κ2) is 4.00. The van der Waals surface area contributed by atoms with Gasteiger partial charge >= 0.3 is 0 Å². The standard InChI is InChI=1S/C13H15N3O3/c17-13(4-9-6-18-7-10(5-13)14-9)8-1-2-11-12(3-8)16-19-15-11/h1-3,9-10,14,17H,4-7H2. The third-order valence-electron chi connectivity index (χ3n) is 4.07. The van der Waals surface area contributed by atoms with E-state index in [-0.39, 0.29) is 12.1 Å². The zero-order valence-corrected chi connectivity index (χ0v) is 10.4. The summed E-state index contributed by atoms with van der Waals surface area (Å²) in [5, 5.41) is 22.1. The summed E-state index contributed by atoms with van der Waals surface area (Å²) in [7, 11) is 0. The molecule has 2 fully saturated rings. The number of aromatic nitrogens is 2. The number of hydrogen-bond acceptors (Lipinski definition) is 6. The second-order valence-corrected chi connectivity index (χ2v) is 5.51. The van der Waals surface area contributed by atoms with Crippen LogP contribution in [0.25, 0.3) is 11.0 Å². The summed E-state index contributed by atoms with van der Waals surface area (Å²) in [5.41, 5.74) is 1.46. The summed E-state index contributed by atoms with van der Waals surface area (Å²) in [6.07, 6.45) is 1.31. The Bertz CT molecular complexity index is 600. The molecule has 1 aromatic heterocycles. The fourth-order valence-corrected chi connectivity index (χ4v) is 3.22. The maximum atomic E-state index is 11.0. The lowest BCUT2D eigenvalue weighted by Gasteiger charge is -2.45. The number of nitrogens with one attached hydrogen (secondary N) is 1. The monoisotopic (exact) mass is 261 g/mol. The summed E-state index contributed by atoms with van der Waals surface area (Å²) in [4.78, 5) is 0. The van der Waals surface area contributed by atoms with Crippen molar-refractivity contribution >= 4 is 11.0 Å². The molecule has 0 aliphatic carbocycles. The quantitative estimate of drug-likeness (QED) is 0.781. The van der Waals surface area contributed by atoms with E-state index in [0.29, 0.717) is 37.1 Å². The number of aliphatic hydroxyl groups is 1. The van der Waals surface area contributed by atoms with E-state index < -0.39 is 5.60 Å². The second-order valence-electron chi connectivity index (χ2n) is 5.51. The van der Waals surface area contributed by atoms with Gasteiger partial charge in [-0.2, -0.15) is 0 Å². The Morgan fingerprint density at radius 1 is 1.16 bits per heavy atom. The predicted octanol–water partition coefficient (Wildman–Crippen LogP) is 0.561. The molecular formula is C13H15N3O3. The van der Waals surface area contributed by atoms with Crippen LogP contribution in [0, 0.1) is 0 Å². The molecule has 2 atom stereocenters. The summed E-state index contributed by atoms with van der Waals surface area (Å²) in [6.45, 7) is 1.32. The molecule has 0 saturated carbocycles. The van der Waals surface area contributed by atoms with Crippen molar-refractivity contribution in [3.05, 3.63) is 23.8 Å². The van der Waals surface area contributed by atoms with Crippen LogP contribution in [0.4, 0.5) is 0 Å². The number of nitrogens with zero attached hydrogens (tertiary/aromatic N) is 2. The molecule has 2 aliphatic rings. The van der Waals surface area contributed by atoms with Crippen molar-refractivity contribution in [3.63, 3.8) is 0 Å². The molecule has 3 heterocycles. The van der Waals surface area contributed by atoms with E-state index in [2.05, 4.69) is 15.6 Å². The number of benzene rings is 1. The number of ether oxygens (including phenoxy) is 1. The van der Waals surface area contributed by atoms with Gasteiger partial charge in [0, 0.05) is 12.1 Å². The van der Waals surface area contributed by atoms with E-state index in [1.54, 1.807) is 0 Å². The zero-order valence-electron chi connectivity index (χ0n) is 10.4. The van der Waals surface area contributed by atoms with E-state index in [4.69, 9.17) is 9.37 Å². The number of fused-ring (bicyclic) bond motifs is 3. The molecule has 19 heavy (non-hydrogen) atoms. The first-order valence-corrected chi connectivity index (χ1v) is 6.52. The van der Waals surface area contributed by atoms with Gasteiger partial charge in [0.15, 0.2) is 0 Å². The minimum Gasteiger partial charge on any atom is -0.385 e. The van der Waals surface area contributed by atoms with Gasteiger partial charge in [0.25, 0.3) is 0 Å². The lowest BCUT2D eigenvalue weighted by atomic mass is 9.78. The van der Waals surface area contributed by atoms with Crippen LogP contribution < -0.4 is 5.32 Å². The van der Waals surface area contributed by atoms with Gasteiger partial charge in [0.1, 0.15) is 11.0 Å². The SMILES string of the molecule is OC1(c2ccc3nonc3c2)CC2COCC(C1)N2. The summed E-state index contributed by atoms with van der Waals surface area (Å²) < 4.78 is 10.2. The Morgan fingerprint density at radius 3 is 2.68 bits per heavy atom. The first-order valence-electron chi connectivity index (χ1n) is 6.52. The minimum absolute atomic E-state index is 0.212. The van der Waals surface area contributed by atoms with Crippen molar-refractivity contribution in [2.45, 2.75) is 30.5 Å². The highest BCUT2D eigenvalue weighted by Gasteiger charge is 2.42. The highest BCUT2D eigenvalue weighted by molar-refractivity contribution is 5.74. The fraction of sp³-hybridized carbons (Fsp3) is 0.538. The van der Waals surface area contributed by atoms with Crippen LogP contribution in [0.5, 0.6) is 0 Å². The van der Waals surface area contributed by atoms with Crippen molar-refractivity contribution in [2.24, 2.45) is 0 Å². The van der Waals surface area contributed by atoms with Crippen molar-refractivity contribution in [1.82, 2.24) is 15.6 Å². The normalized spacial score (nSPS) is 34.6. The summed E-state index contributed by atoms with van der Waals surface area (Å²) >= 11 is 0. The van der Waals surface area contributed by atoms with Gasteiger partial charge in [-0.05, 0) is 40.9 Å². The molecule has 2 N–H and O–H groups in total. The average Bonchev–Trinajstić information content (AvgIpc) is 2.85. The molecule has 2 aliphatic heterocycles. The van der Waals surface area contributed by atoms with Crippen molar-refractivity contribution in [3.8, 4) is 0 Å². The van der Waals surface area contributed by atoms with E-state index in [9.17, 15) is 5.11 Å². The molecule has 4 rings (SSSR count). The molecule has 2 saturated heterocycles. The molecule has 0 spiro atoms. The number of morpholine rings is 1. The highest BCUT2D eigenvalue weighted by atomic mass is 16.6. The first-order chi connectivity index (χ1) is 9.23. The van der Waals surface area contributed by atoms with Crippen LogP contribution in [-0.4, -0.2) is 40.7 Å². The number of rotatable bonds is 1. The molecule has 0 amide bonds. The van der Waals surface area contributed by atoms with Crippen LogP contribution in [0.3, 0.4) is 0 Å². The number of hydrogen-bond donors (Lipinski definition) is 2. The topological polar surface area (TPSA) is 80.4 Å². The molecule has 2 bridgehead atoms. The van der Waals surface area contributed by atoms with Gasteiger partial charge in [-0.1, -0.05) is 6.07 Å². The number of piperidine rings is 1. The predicted molar refractivity (Wildman–Crippen MR) is 66.5 cm³/mol. The maximum absolute atomic E-state index is 11.0. The largest absolute Gasteiger partial charge is 0.385 e. The Labute approximate surface area is 109 Å².